The molecule has 1 N–H and O–H groups in total. The summed E-state index contributed by atoms with van der Waals surface area (Å²) in [7, 11) is 0. The lowest BCUT2D eigenvalue weighted by atomic mass is 9.95. The van der Waals surface area contributed by atoms with Crippen LogP contribution in [0.15, 0.2) is 30.3 Å². The summed E-state index contributed by atoms with van der Waals surface area (Å²) in [5, 5.41) is 2.67. The first-order valence-electron chi connectivity index (χ1n) is 6.56. The highest BCUT2D eigenvalue weighted by Gasteiger charge is 2.20. The summed E-state index contributed by atoms with van der Waals surface area (Å²) in [6.45, 7) is 5.82. The molecule has 104 valence electrons. The molecule has 0 saturated carbocycles. The van der Waals surface area contributed by atoms with Gasteiger partial charge in [0, 0.05) is 6.04 Å². The number of carbonyl (C=O) groups excluding carboxylic acids is 2. The molecular formula is C15H21NO3. The second-order valence-electron chi connectivity index (χ2n) is 4.65. The number of hydrogen-bond donors (Lipinski definition) is 1. The Morgan fingerprint density at radius 1 is 1.21 bits per heavy atom. The van der Waals surface area contributed by atoms with Gasteiger partial charge in [-0.15, -0.1) is 0 Å². The molecule has 2 atom stereocenters. The van der Waals surface area contributed by atoms with E-state index in [9.17, 15) is 9.59 Å². The Morgan fingerprint density at radius 3 is 2.42 bits per heavy atom. The Kier molecular flexibility index (Phi) is 6.06. The van der Waals surface area contributed by atoms with Gasteiger partial charge in [0.05, 0.1) is 6.61 Å². The van der Waals surface area contributed by atoms with Gasteiger partial charge in [0.2, 0.25) is 0 Å². The van der Waals surface area contributed by atoms with Crippen LogP contribution in [0.4, 0.5) is 0 Å². The highest BCUT2D eigenvalue weighted by Crippen LogP contribution is 2.11. The van der Waals surface area contributed by atoms with E-state index in [1.54, 1.807) is 6.92 Å². The fraction of sp³-hybridized carbons (Fsp3) is 0.467. The van der Waals surface area contributed by atoms with E-state index in [1.165, 1.54) is 5.56 Å². The summed E-state index contributed by atoms with van der Waals surface area (Å²) in [5.41, 5.74) is 1.22. The average molecular weight is 263 g/mol. The summed E-state index contributed by atoms with van der Waals surface area (Å²) >= 11 is 0. The molecule has 0 aromatic heterocycles. The van der Waals surface area contributed by atoms with Gasteiger partial charge in [-0.3, -0.25) is 4.79 Å². The minimum atomic E-state index is -0.818. The Labute approximate surface area is 114 Å². The zero-order valence-corrected chi connectivity index (χ0v) is 11.7. The van der Waals surface area contributed by atoms with Crippen LogP contribution in [0.2, 0.25) is 0 Å². The molecule has 0 fully saturated rings. The van der Waals surface area contributed by atoms with Crippen molar-refractivity contribution in [1.29, 1.82) is 0 Å². The number of rotatable bonds is 5. The van der Waals surface area contributed by atoms with Gasteiger partial charge >= 0.3 is 11.9 Å². The standard InChI is InChI=1S/C15H21NO3/c1-4-19-15(18)14(17)16-12(3)11(2)10-13-8-6-5-7-9-13/h5-9,11-12H,4,10H2,1-3H3,(H,16,17)/t11-,12+/m1/s1. The molecule has 0 aliphatic rings. The molecule has 4 nitrogen and oxygen atoms in total. The van der Waals surface area contributed by atoms with Gasteiger partial charge in [-0.05, 0) is 31.7 Å². The zero-order valence-electron chi connectivity index (χ0n) is 11.7. The van der Waals surface area contributed by atoms with Gasteiger partial charge in [0.15, 0.2) is 0 Å². The lowest BCUT2D eigenvalue weighted by Crippen LogP contribution is -2.42. The maximum Gasteiger partial charge on any atom is 0.396 e. The molecular weight excluding hydrogens is 242 g/mol. The molecule has 0 bridgehead atoms. The number of nitrogens with one attached hydrogen (secondary N) is 1. The van der Waals surface area contributed by atoms with E-state index in [0.29, 0.717) is 0 Å². The zero-order chi connectivity index (χ0) is 14.3. The molecule has 0 aliphatic carbocycles. The van der Waals surface area contributed by atoms with Crippen molar-refractivity contribution in [2.45, 2.75) is 33.2 Å². The number of esters is 1. The highest BCUT2D eigenvalue weighted by molar-refractivity contribution is 6.32. The van der Waals surface area contributed by atoms with Crippen molar-refractivity contribution in [3.8, 4) is 0 Å². The number of amides is 1. The van der Waals surface area contributed by atoms with Gasteiger partial charge in [0.25, 0.3) is 0 Å². The summed E-state index contributed by atoms with van der Waals surface area (Å²) in [6.07, 6.45) is 0.852. The van der Waals surface area contributed by atoms with E-state index in [2.05, 4.69) is 22.2 Å². The predicted octanol–water partition coefficient (Wildman–Crippen LogP) is 1.93. The van der Waals surface area contributed by atoms with Crippen molar-refractivity contribution < 1.29 is 14.3 Å². The Morgan fingerprint density at radius 2 is 1.84 bits per heavy atom. The average Bonchev–Trinajstić information content (AvgIpc) is 2.40. The van der Waals surface area contributed by atoms with E-state index in [0.717, 1.165) is 6.42 Å². The molecule has 19 heavy (non-hydrogen) atoms. The summed E-state index contributed by atoms with van der Waals surface area (Å²) < 4.78 is 4.65. The SMILES string of the molecule is CCOC(=O)C(=O)N[C@@H](C)[C@H](C)Cc1ccccc1. The van der Waals surface area contributed by atoms with Gasteiger partial charge < -0.3 is 10.1 Å². The molecule has 0 heterocycles. The van der Waals surface area contributed by atoms with Crippen molar-refractivity contribution in [1.82, 2.24) is 5.32 Å². The molecule has 1 aromatic rings. The third kappa shape index (κ3) is 5.12. The largest absolute Gasteiger partial charge is 0.459 e. The molecule has 0 unspecified atom stereocenters. The Balaban J connectivity index is 2.46. The molecule has 4 heteroatoms. The van der Waals surface area contributed by atoms with Crippen LogP contribution in [0.1, 0.15) is 26.3 Å². The van der Waals surface area contributed by atoms with Gasteiger partial charge in [-0.2, -0.15) is 0 Å². The van der Waals surface area contributed by atoms with Gasteiger partial charge in [0.1, 0.15) is 0 Å². The second-order valence-corrected chi connectivity index (χ2v) is 4.65. The van der Waals surface area contributed by atoms with Gasteiger partial charge in [-0.25, -0.2) is 4.79 Å². The molecule has 1 amide bonds. The molecule has 0 radical (unpaired) electrons. The predicted molar refractivity (Wildman–Crippen MR) is 73.5 cm³/mol. The lowest BCUT2D eigenvalue weighted by molar-refractivity contribution is -0.155. The van der Waals surface area contributed by atoms with Gasteiger partial charge in [-0.1, -0.05) is 37.3 Å². The number of carbonyl (C=O) groups is 2. The topological polar surface area (TPSA) is 55.4 Å². The second kappa shape index (κ2) is 7.56. The van der Waals surface area contributed by atoms with Crippen LogP contribution in [0.25, 0.3) is 0 Å². The van der Waals surface area contributed by atoms with Crippen LogP contribution in [0.3, 0.4) is 0 Å². The fourth-order valence-electron chi connectivity index (χ4n) is 1.77. The molecule has 1 rings (SSSR count). The van der Waals surface area contributed by atoms with E-state index in [4.69, 9.17) is 0 Å². The molecule has 0 spiro atoms. The number of benzene rings is 1. The normalized spacial score (nSPS) is 13.4. The van der Waals surface area contributed by atoms with Crippen LogP contribution in [-0.4, -0.2) is 24.5 Å². The lowest BCUT2D eigenvalue weighted by Gasteiger charge is -2.20. The third-order valence-electron chi connectivity index (χ3n) is 3.07. The van der Waals surface area contributed by atoms with Crippen LogP contribution < -0.4 is 5.32 Å². The first-order valence-corrected chi connectivity index (χ1v) is 6.56. The van der Waals surface area contributed by atoms with E-state index in [1.807, 2.05) is 32.0 Å². The van der Waals surface area contributed by atoms with Crippen LogP contribution >= 0.6 is 0 Å². The fourth-order valence-corrected chi connectivity index (χ4v) is 1.77. The monoisotopic (exact) mass is 263 g/mol. The minimum absolute atomic E-state index is 0.0860. The van der Waals surface area contributed by atoms with Crippen LogP contribution in [-0.2, 0) is 20.7 Å². The van der Waals surface area contributed by atoms with Crippen LogP contribution in [0, 0.1) is 5.92 Å². The number of ether oxygens (including phenoxy) is 1. The highest BCUT2D eigenvalue weighted by atomic mass is 16.5. The quantitative estimate of drug-likeness (QED) is 0.652. The first-order chi connectivity index (χ1) is 9.04. The summed E-state index contributed by atoms with van der Waals surface area (Å²) in [6, 6.07) is 9.97. The number of hydrogen-bond acceptors (Lipinski definition) is 3. The maximum absolute atomic E-state index is 11.5. The maximum atomic E-state index is 11.5. The smallest absolute Gasteiger partial charge is 0.396 e. The Bertz CT molecular complexity index is 417. The minimum Gasteiger partial charge on any atom is -0.459 e. The third-order valence-corrected chi connectivity index (χ3v) is 3.07. The van der Waals surface area contributed by atoms with Crippen molar-refractivity contribution >= 4 is 11.9 Å². The summed E-state index contributed by atoms with van der Waals surface area (Å²) in [4.78, 5) is 22.7. The van der Waals surface area contributed by atoms with Crippen molar-refractivity contribution in [2.75, 3.05) is 6.61 Å². The van der Waals surface area contributed by atoms with Crippen molar-refractivity contribution in [3.63, 3.8) is 0 Å². The molecule has 0 saturated heterocycles. The molecule has 1 aromatic carbocycles. The Hall–Kier alpha value is -1.84. The van der Waals surface area contributed by atoms with Crippen molar-refractivity contribution in [3.05, 3.63) is 35.9 Å². The van der Waals surface area contributed by atoms with E-state index >= 15 is 0 Å². The molecule has 0 aliphatic heterocycles. The van der Waals surface area contributed by atoms with Crippen LogP contribution in [0.5, 0.6) is 0 Å². The summed E-state index contributed by atoms with van der Waals surface area (Å²) in [5.74, 6) is -1.25. The first kappa shape index (κ1) is 15.2. The van der Waals surface area contributed by atoms with E-state index in [-0.39, 0.29) is 18.6 Å². The van der Waals surface area contributed by atoms with E-state index < -0.39 is 11.9 Å². The van der Waals surface area contributed by atoms with Crippen molar-refractivity contribution in [2.24, 2.45) is 5.92 Å².